The fourth-order valence-electron chi connectivity index (χ4n) is 1.08. The molecule has 0 spiro atoms. The quantitative estimate of drug-likeness (QED) is 0.852. The van der Waals surface area contributed by atoms with E-state index in [-0.39, 0.29) is 6.42 Å². The van der Waals surface area contributed by atoms with Crippen LogP contribution in [0.25, 0.3) is 0 Å². The molecule has 14 heavy (non-hydrogen) atoms. The number of carboxylic acid groups (broad SMARTS) is 1. The van der Waals surface area contributed by atoms with E-state index in [1.54, 1.807) is 6.20 Å². The predicted molar refractivity (Wildman–Crippen MR) is 56.0 cm³/mol. The summed E-state index contributed by atoms with van der Waals surface area (Å²) in [7, 11) is 0. The van der Waals surface area contributed by atoms with E-state index >= 15 is 0 Å². The number of nitrogens with two attached hydrogens (primary N) is 1. The van der Waals surface area contributed by atoms with Gasteiger partial charge in [0.05, 0.1) is 0 Å². The highest BCUT2D eigenvalue weighted by Gasteiger charge is 2.14. The number of carboxylic acids is 1. The van der Waals surface area contributed by atoms with Crippen LogP contribution in [0.3, 0.4) is 0 Å². The van der Waals surface area contributed by atoms with Crippen molar-refractivity contribution in [2.45, 2.75) is 19.4 Å². The first kappa shape index (κ1) is 11.1. The van der Waals surface area contributed by atoms with Crippen LogP contribution in [0.5, 0.6) is 0 Å². The van der Waals surface area contributed by atoms with Crippen molar-refractivity contribution in [2.75, 3.05) is 0 Å². The Hall–Kier alpha value is -0.940. The molecule has 0 aliphatic carbocycles. The van der Waals surface area contributed by atoms with Gasteiger partial charge in [0.1, 0.15) is 6.04 Å². The molecule has 0 aromatic carbocycles. The maximum Gasteiger partial charge on any atom is 0.320 e. The number of rotatable bonds is 3. The van der Waals surface area contributed by atoms with Crippen molar-refractivity contribution in [3.63, 3.8) is 0 Å². The lowest BCUT2D eigenvalue weighted by Gasteiger charge is -2.08. The van der Waals surface area contributed by atoms with E-state index < -0.39 is 12.0 Å². The average Bonchev–Trinajstić information content (AvgIpc) is 2.09. The zero-order valence-electron chi connectivity index (χ0n) is 7.70. The Labute approximate surface area is 90.3 Å². The lowest BCUT2D eigenvalue weighted by molar-refractivity contribution is -0.138. The molecule has 0 radical (unpaired) electrons. The molecule has 0 amide bonds. The van der Waals surface area contributed by atoms with E-state index in [1.807, 2.05) is 13.0 Å². The smallest absolute Gasteiger partial charge is 0.320 e. The van der Waals surface area contributed by atoms with E-state index in [9.17, 15) is 4.79 Å². The third-order valence-electron chi connectivity index (χ3n) is 1.88. The molecule has 0 saturated heterocycles. The van der Waals surface area contributed by atoms with Gasteiger partial charge in [0.15, 0.2) is 0 Å². The Bertz CT molecular complexity index is 355. The van der Waals surface area contributed by atoms with Gasteiger partial charge < -0.3 is 10.8 Å². The molecular weight excluding hydrogens is 248 g/mol. The highest BCUT2D eigenvalue weighted by atomic mass is 79.9. The molecule has 5 heteroatoms. The molecule has 76 valence electrons. The number of aryl methyl sites for hydroxylation is 1. The van der Waals surface area contributed by atoms with E-state index in [0.29, 0.717) is 0 Å². The number of aromatic nitrogens is 1. The van der Waals surface area contributed by atoms with E-state index in [2.05, 4.69) is 20.9 Å². The van der Waals surface area contributed by atoms with Gasteiger partial charge in [-0.05, 0) is 34.5 Å². The van der Waals surface area contributed by atoms with Crippen molar-refractivity contribution >= 4 is 21.9 Å². The summed E-state index contributed by atoms with van der Waals surface area (Å²) in [5.74, 6) is -1.01. The molecule has 0 bridgehead atoms. The third kappa shape index (κ3) is 2.78. The second-order valence-corrected chi connectivity index (χ2v) is 3.98. The van der Waals surface area contributed by atoms with Crippen molar-refractivity contribution in [1.82, 2.24) is 4.98 Å². The Balaban J connectivity index is 2.82. The summed E-state index contributed by atoms with van der Waals surface area (Å²) >= 11 is 3.28. The summed E-state index contributed by atoms with van der Waals surface area (Å²) in [5.41, 5.74) is 7.07. The Morgan fingerprint density at radius 3 is 2.93 bits per heavy atom. The van der Waals surface area contributed by atoms with Gasteiger partial charge in [-0.25, -0.2) is 0 Å². The largest absolute Gasteiger partial charge is 0.480 e. The minimum atomic E-state index is -1.01. The summed E-state index contributed by atoms with van der Waals surface area (Å²) < 4.78 is 0.877. The summed E-state index contributed by atoms with van der Waals surface area (Å²) in [6.45, 7) is 1.88. The minimum absolute atomic E-state index is 0.258. The molecule has 1 aromatic rings. The maximum atomic E-state index is 10.5. The summed E-state index contributed by atoms with van der Waals surface area (Å²) in [4.78, 5) is 14.6. The molecule has 1 unspecified atom stereocenters. The minimum Gasteiger partial charge on any atom is -0.480 e. The fraction of sp³-hybridized carbons (Fsp3) is 0.333. The van der Waals surface area contributed by atoms with Crippen LogP contribution >= 0.6 is 15.9 Å². The van der Waals surface area contributed by atoms with Crippen LogP contribution in [-0.2, 0) is 11.2 Å². The van der Waals surface area contributed by atoms with Crippen LogP contribution in [0.2, 0.25) is 0 Å². The third-order valence-corrected chi connectivity index (χ3v) is 2.32. The average molecular weight is 259 g/mol. The van der Waals surface area contributed by atoms with Crippen molar-refractivity contribution < 1.29 is 9.90 Å². The van der Waals surface area contributed by atoms with E-state index in [0.717, 1.165) is 15.7 Å². The molecule has 1 heterocycles. The Kier molecular flexibility index (Phi) is 3.60. The molecule has 1 atom stereocenters. The second-order valence-electron chi connectivity index (χ2n) is 3.07. The lowest BCUT2D eigenvalue weighted by Crippen LogP contribution is -2.32. The molecule has 3 N–H and O–H groups in total. The first-order valence-electron chi connectivity index (χ1n) is 4.10. The normalized spacial score (nSPS) is 12.5. The topological polar surface area (TPSA) is 76.2 Å². The first-order valence-corrected chi connectivity index (χ1v) is 4.89. The molecule has 1 aromatic heterocycles. The summed E-state index contributed by atoms with van der Waals surface area (Å²) in [5, 5.41) is 8.63. The van der Waals surface area contributed by atoms with Crippen LogP contribution in [0, 0.1) is 6.92 Å². The van der Waals surface area contributed by atoms with Crippen LogP contribution in [0.1, 0.15) is 11.3 Å². The number of aliphatic carboxylic acids is 1. The van der Waals surface area contributed by atoms with Crippen LogP contribution in [0.4, 0.5) is 0 Å². The summed E-state index contributed by atoms with van der Waals surface area (Å²) in [6.07, 6.45) is 1.89. The van der Waals surface area contributed by atoms with Crippen LogP contribution < -0.4 is 5.73 Å². The van der Waals surface area contributed by atoms with Gasteiger partial charge in [-0.3, -0.25) is 9.78 Å². The van der Waals surface area contributed by atoms with Gasteiger partial charge >= 0.3 is 5.97 Å². The molecule has 0 aliphatic heterocycles. The SMILES string of the molecule is Cc1cc(Br)cnc1CC(N)C(=O)O. The molecule has 4 nitrogen and oxygen atoms in total. The van der Waals surface area contributed by atoms with Crippen molar-refractivity contribution in [3.8, 4) is 0 Å². The number of pyridine rings is 1. The molecular formula is C9H11BrN2O2. The number of nitrogens with zero attached hydrogens (tertiary/aromatic N) is 1. The molecule has 0 aliphatic rings. The van der Waals surface area contributed by atoms with Gasteiger partial charge in [-0.1, -0.05) is 0 Å². The van der Waals surface area contributed by atoms with Crippen molar-refractivity contribution in [3.05, 3.63) is 28.0 Å². The standard InChI is InChI=1S/C9H11BrN2O2/c1-5-2-6(10)4-12-8(5)3-7(11)9(13)14/h2,4,7H,3,11H2,1H3,(H,13,14). The first-order chi connectivity index (χ1) is 6.50. The molecule has 0 saturated carbocycles. The van der Waals surface area contributed by atoms with Gasteiger partial charge in [0, 0.05) is 22.8 Å². The Morgan fingerprint density at radius 1 is 1.79 bits per heavy atom. The number of hydrogen-bond acceptors (Lipinski definition) is 3. The molecule has 1 rings (SSSR count). The second kappa shape index (κ2) is 4.52. The summed E-state index contributed by atoms with van der Waals surface area (Å²) in [6, 6.07) is 0.999. The monoisotopic (exact) mass is 258 g/mol. The van der Waals surface area contributed by atoms with Crippen LogP contribution in [0.15, 0.2) is 16.7 Å². The fourth-order valence-corrected chi connectivity index (χ4v) is 1.52. The van der Waals surface area contributed by atoms with Gasteiger partial charge in [0.25, 0.3) is 0 Å². The van der Waals surface area contributed by atoms with Crippen LogP contribution in [-0.4, -0.2) is 22.1 Å². The zero-order chi connectivity index (χ0) is 10.7. The van der Waals surface area contributed by atoms with Gasteiger partial charge in [-0.2, -0.15) is 0 Å². The van der Waals surface area contributed by atoms with Gasteiger partial charge in [-0.15, -0.1) is 0 Å². The van der Waals surface area contributed by atoms with Crippen molar-refractivity contribution in [1.29, 1.82) is 0 Å². The number of hydrogen-bond donors (Lipinski definition) is 2. The number of halogens is 1. The number of carbonyl (C=O) groups is 1. The van der Waals surface area contributed by atoms with Crippen molar-refractivity contribution in [2.24, 2.45) is 5.73 Å². The van der Waals surface area contributed by atoms with E-state index in [4.69, 9.17) is 10.8 Å². The Morgan fingerprint density at radius 2 is 2.43 bits per heavy atom. The molecule has 0 fully saturated rings. The van der Waals surface area contributed by atoms with E-state index in [1.165, 1.54) is 0 Å². The highest BCUT2D eigenvalue weighted by molar-refractivity contribution is 9.10. The predicted octanol–water partition coefficient (Wildman–Crippen LogP) is 1.11. The zero-order valence-corrected chi connectivity index (χ0v) is 9.28. The van der Waals surface area contributed by atoms with Gasteiger partial charge in [0.2, 0.25) is 0 Å². The lowest BCUT2D eigenvalue weighted by atomic mass is 10.1. The highest BCUT2D eigenvalue weighted by Crippen LogP contribution is 2.13. The maximum absolute atomic E-state index is 10.5.